The van der Waals surface area contributed by atoms with Crippen molar-refractivity contribution < 1.29 is 28.8 Å². The predicted molar refractivity (Wildman–Crippen MR) is 173 cm³/mol. The molecule has 3 heterocycles. The van der Waals surface area contributed by atoms with Gasteiger partial charge in [-0.25, -0.2) is 0 Å². The minimum atomic E-state index is -0.984. The molecule has 12 nitrogen and oxygen atoms in total. The van der Waals surface area contributed by atoms with E-state index in [1.165, 1.54) is 0 Å². The summed E-state index contributed by atoms with van der Waals surface area (Å²) < 4.78 is 12.2. The third-order valence-electron chi connectivity index (χ3n) is 7.84. The van der Waals surface area contributed by atoms with E-state index in [0.29, 0.717) is 43.4 Å². The first-order valence-corrected chi connectivity index (χ1v) is 15.3. The number of nitrogens with one attached hydrogen (secondary N) is 1. The van der Waals surface area contributed by atoms with Gasteiger partial charge in [-0.3, -0.25) is 19.1 Å². The molecular formula is C34H40N6O6. The molecule has 0 radical (unpaired) electrons. The van der Waals surface area contributed by atoms with E-state index in [2.05, 4.69) is 20.5 Å². The van der Waals surface area contributed by atoms with Gasteiger partial charge in [0, 0.05) is 44.7 Å². The number of amides is 2. The molecule has 0 bridgehead atoms. The molecule has 1 aliphatic heterocycles. The molecule has 2 N–H and O–H groups in total. The molecule has 2 aromatic carbocycles. The predicted octanol–water partition coefficient (Wildman–Crippen LogP) is 4.89. The molecule has 0 spiro atoms. The second kappa shape index (κ2) is 13.6. The third kappa shape index (κ3) is 7.63. The summed E-state index contributed by atoms with van der Waals surface area (Å²) in [4.78, 5) is 42.0. The van der Waals surface area contributed by atoms with Gasteiger partial charge in [-0.2, -0.15) is 5.10 Å². The van der Waals surface area contributed by atoms with Crippen LogP contribution in [0, 0.1) is 6.92 Å². The van der Waals surface area contributed by atoms with Crippen LogP contribution >= 0.6 is 0 Å². The number of carbonyl (C=O) groups excluding carboxylic acids is 2. The molecule has 242 valence electrons. The maximum atomic E-state index is 13.7. The Kier molecular flexibility index (Phi) is 9.57. The number of morpholine rings is 1. The summed E-state index contributed by atoms with van der Waals surface area (Å²) in [5, 5.41) is 20.8. The number of carboxylic acids is 1. The quantitative estimate of drug-likeness (QED) is 0.251. The topological polar surface area (TPSA) is 143 Å². The molecule has 2 amide bonds. The van der Waals surface area contributed by atoms with E-state index in [1.807, 2.05) is 63.2 Å². The maximum absolute atomic E-state index is 13.7. The Hall–Kier alpha value is -4.97. The Morgan fingerprint density at radius 1 is 1.02 bits per heavy atom. The van der Waals surface area contributed by atoms with Crippen molar-refractivity contribution >= 4 is 29.2 Å². The molecule has 0 unspecified atom stereocenters. The lowest BCUT2D eigenvalue weighted by molar-refractivity contribution is -0.137. The van der Waals surface area contributed by atoms with Crippen LogP contribution in [0.4, 0.5) is 11.4 Å². The van der Waals surface area contributed by atoms with Crippen molar-refractivity contribution in [1.29, 1.82) is 0 Å². The van der Waals surface area contributed by atoms with Crippen molar-refractivity contribution in [3.63, 3.8) is 0 Å². The summed E-state index contributed by atoms with van der Waals surface area (Å²) in [6.07, 6.45) is -0.188. The van der Waals surface area contributed by atoms with Crippen molar-refractivity contribution in [3.05, 3.63) is 83.0 Å². The summed E-state index contributed by atoms with van der Waals surface area (Å²) >= 11 is 0. The second-order valence-electron chi connectivity index (χ2n) is 12.5. The molecule has 0 aliphatic carbocycles. The SMILES string of the molecule is Cc1cc(C(=O)Nc2cc(-c3cccc(CN(CCC(=O)O)C(=O)c4cc(C(C)(C)C)nn4C)c3)ccc2N2CCOCC2)no1. The first-order valence-electron chi connectivity index (χ1n) is 15.3. The normalized spacial score (nSPS) is 13.5. The Morgan fingerprint density at radius 3 is 2.41 bits per heavy atom. The van der Waals surface area contributed by atoms with Crippen molar-refractivity contribution in [2.24, 2.45) is 7.05 Å². The zero-order chi connectivity index (χ0) is 33.0. The lowest BCUT2D eigenvalue weighted by Gasteiger charge is -2.30. The van der Waals surface area contributed by atoms with Gasteiger partial charge in [-0.1, -0.05) is 50.2 Å². The smallest absolute Gasteiger partial charge is 0.305 e. The van der Waals surface area contributed by atoms with Crippen LogP contribution in [0.25, 0.3) is 11.1 Å². The molecule has 4 aromatic rings. The average molecular weight is 629 g/mol. The number of ether oxygens (including phenoxy) is 1. The Balaban J connectivity index is 1.44. The molecule has 5 rings (SSSR count). The van der Waals surface area contributed by atoms with Gasteiger partial charge in [-0.15, -0.1) is 0 Å². The van der Waals surface area contributed by atoms with E-state index in [0.717, 1.165) is 28.1 Å². The highest BCUT2D eigenvalue weighted by atomic mass is 16.5. The lowest BCUT2D eigenvalue weighted by atomic mass is 9.92. The van der Waals surface area contributed by atoms with Crippen LogP contribution in [0.2, 0.25) is 0 Å². The number of aromatic nitrogens is 3. The highest BCUT2D eigenvalue weighted by Gasteiger charge is 2.26. The number of benzene rings is 2. The fourth-order valence-electron chi connectivity index (χ4n) is 5.30. The maximum Gasteiger partial charge on any atom is 0.305 e. The summed E-state index contributed by atoms with van der Waals surface area (Å²) in [5.74, 6) is -1.12. The first-order chi connectivity index (χ1) is 21.9. The second-order valence-corrected chi connectivity index (χ2v) is 12.5. The van der Waals surface area contributed by atoms with Gasteiger partial charge < -0.3 is 29.5 Å². The number of hydrogen-bond donors (Lipinski definition) is 2. The van der Waals surface area contributed by atoms with Crippen LogP contribution in [-0.2, 0) is 28.5 Å². The molecule has 1 aliphatic rings. The monoisotopic (exact) mass is 628 g/mol. The van der Waals surface area contributed by atoms with E-state index in [9.17, 15) is 19.5 Å². The van der Waals surface area contributed by atoms with Crippen LogP contribution in [0.3, 0.4) is 0 Å². The van der Waals surface area contributed by atoms with Gasteiger partial charge in [0.05, 0.1) is 36.7 Å². The summed E-state index contributed by atoms with van der Waals surface area (Å²) in [5.41, 5.74) is 5.17. The number of aryl methyl sites for hydroxylation is 2. The van der Waals surface area contributed by atoms with Crippen LogP contribution in [0.5, 0.6) is 0 Å². The molecule has 1 saturated heterocycles. The van der Waals surface area contributed by atoms with Crippen LogP contribution in [0.1, 0.15) is 65.2 Å². The van der Waals surface area contributed by atoms with Gasteiger partial charge in [0.25, 0.3) is 11.8 Å². The average Bonchev–Trinajstić information content (AvgIpc) is 3.65. The number of carboxylic acid groups (broad SMARTS) is 1. The Bertz CT molecular complexity index is 1730. The van der Waals surface area contributed by atoms with Crippen LogP contribution in [-0.4, -0.2) is 75.6 Å². The summed E-state index contributed by atoms with van der Waals surface area (Å²) in [6, 6.07) is 17.0. The number of aliphatic carboxylic acids is 1. The zero-order valence-corrected chi connectivity index (χ0v) is 26.9. The van der Waals surface area contributed by atoms with E-state index in [-0.39, 0.29) is 42.4 Å². The number of carbonyl (C=O) groups is 3. The van der Waals surface area contributed by atoms with E-state index >= 15 is 0 Å². The van der Waals surface area contributed by atoms with Crippen molar-refractivity contribution in [3.8, 4) is 11.1 Å². The van der Waals surface area contributed by atoms with E-state index in [1.54, 1.807) is 35.7 Å². The van der Waals surface area contributed by atoms with Crippen molar-refractivity contribution in [2.45, 2.75) is 46.1 Å². The fourth-order valence-corrected chi connectivity index (χ4v) is 5.30. The minimum Gasteiger partial charge on any atom is -0.481 e. The van der Waals surface area contributed by atoms with Gasteiger partial charge in [0.1, 0.15) is 11.5 Å². The van der Waals surface area contributed by atoms with Crippen molar-refractivity contribution in [2.75, 3.05) is 43.1 Å². The van der Waals surface area contributed by atoms with Gasteiger partial charge in [-0.05, 0) is 47.9 Å². The summed E-state index contributed by atoms with van der Waals surface area (Å²) in [6.45, 7) is 10.6. The molecule has 12 heteroatoms. The third-order valence-corrected chi connectivity index (χ3v) is 7.84. The molecule has 2 aromatic heterocycles. The summed E-state index contributed by atoms with van der Waals surface area (Å²) in [7, 11) is 1.72. The van der Waals surface area contributed by atoms with Gasteiger partial charge in [0.2, 0.25) is 0 Å². The van der Waals surface area contributed by atoms with Crippen molar-refractivity contribution in [1.82, 2.24) is 19.8 Å². The molecular weight excluding hydrogens is 588 g/mol. The highest BCUT2D eigenvalue weighted by Crippen LogP contribution is 2.33. The van der Waals surface area contributed by atoms with E-state index in [4.69, 9.17) is 9.26 Å². The zero-order valence-electron chi connectivity index (χ0n) is 26.9. The number of anilines is 2. The lowest BCUT2D eigenvalue weighted by Crippen LogP contribution is -2.36. The molecule has 46 heavy (non-hydrogen) atoms. The minimum absolute atomic E-state index is 0.0420. The van der Waals surface area contributed by atoms with Gasteiger partial charge >= 0.3 is 5.97 Å². The fraction of sp³-hybridized carbons (Fsp3) is 0.382. The van der Waals surface area contributed by atoms with E-state index < -0.39 is 5.97 Å². The molecule has 0 atom stereocenters. The molecule has 1 fully saturated rings. The standard InChI is InChI=1S/C34H40N6O6/c1-22-17-27(37-46-22)32(43)35-26-19-25(9-10-28(26)39-13-15-45-16-14-39)24-8-6-7-23(18-24)21-40(12-11-31(41)42)33(44)29-20-30(34(2,3)4)36-38(29)5/h6-10,17-20H,11-16,21H2,1-5H3,(H,35,43)(H,41,42). The largest absolute Gasteiger partial charge is 0.481 e. The van der Waals surface area contributed by atoms with Crippen LogP contribution in [0.15, 0.2) is 59.1 Å². The number of rotatable bonds is 10. The number of nitrogens with zero attached hydrogens (tertiary/aromatic N) is 5. The Labute approximate surface area is 267 Å². The van der Waals surface area contributed by atoms with Gasteiger partial charge in [0.15, 0.2) is 5.69 Å². The molecule has 0 saturated carbocycles. The van der Waals surface area contributed by atoms with Crippen LogP contribution < -0.4 is 10.2 Å². The first kappa shape index (κ1) is 32.4. The highest BCUT2D eigenvalue weighted by molar-refractivity contribution is 6.05. The Morgan fingerprint density at radius 2 is 1.76 bits per heavy atom. The number of hydrogen-bond acceptors (Lipinski definition) is 8.